The Balaban J connectivity index is 2.47. The fourth-order valence-corrected chi connectivity index (χ4v) is 2.28. The van der Waals surface area contributed by atoms with Crippen molar-refractivity contribution in [2.24, 2.45) is 5.73 Å². The molecule has 0 aliphatic rings. The number of halogens is 2. The fourth-order valence-electron chi connectivity index (χ4n) is 1.75. The van der Waals surface area contributed by atoms with Gasteiger partial charge in [-0.1, -0.05) is 40.3 Å². The third kappa shape index (κ3) is 3.11. The van der Waals surface area contributed by atoms with Gasteiger partial charge in [0.15, 0.2) is 0 Å². The van der Waals surface area contributed by atoms with Gasteiger partial charge >= 0.3 is 0 Å². The van der Waals surface area contributed by atoms with Gasteiger partial charge in [0, 0.05) is 15.7 Å². The van der Waals surface area contributed by atoms with E-state index in [9.17, 15) is 4.39 Å². The second-order valence-electron chi connectivity index (χ2n) is 4.11. The second kappa shape index (κ2) is 5.67. The van der Waals surface area contributed by atoms with Gasteiger partial charge in [-0.3, -0.25) is 0 Å². The van der Waals surface area contributed by atoms with Gasteiger partial charge in [0.1, 0.15) is 10.8 Å². The molecule has 0 aliphatic heterocycles. The van der Waals surface area contributed by atoms with Crippen molar-refractivity contribution in [3.05, 3.63) is 57.8 Å². The Morgan fingerprint density at radius 1 is 1.32 bits per heavy atom. The van der Waals surface area contributed by atoms with Crippen LogP contribution < -0.4 is 11.1 Å². The number of anilines is 2. The molecule has 0 radical (unpaired) electrons. The smallest absolute Gasteiger partial charge is 0.146 e. The summed E-state index contributed by atoms with van der Waals surface area (Å²) in [7, 11) is 0. The molecule has 2 nitrogen and oxygen atoms in total. The van der Waals surface area contributed by atoms with Crippen molar-refractivity contribution in [1.29, 1.82) is 0 Å². The van der Waals surface area contributed by atoms with E-state index in [2.05, 4.69) is 21.2 Å². The van der Waals surface area contributed by atoms with E-state index in [1.54, 1.807) is 12.1 Å². The number of hydrogen-bond donors (Lipinski definition) is 2. The van der Waals surface area contributed by atoms with E-state index in [1.165, 1.54) is 6.07 Å². The molecule has 3 N–H and O–H groups in total. The minimum Gasteiger partial charge on any atom is -0.389 e. The number of hydrogen-bond acceptors (Lipinski definition) is 2. The normalized spacial score (nSPS) is 10.3. The molecule has 0 atom stereocenters. The lowest BCUT2D eigenvalue weighted by atomic mass is 10.1. The predicted octanol–water partition coefficient (Wildman–Crippen LogP) is 4.27. The number of rotatable bonds is 3. The van der Waals surface area contributed by atoms with Gasteiger partial charge < -0.3 is 11.1 Å². The molecule has 2 rings (SSSR count). The highest BCUT2D eigenvalue weighted by atomic mass is 79.9. The average Bonchev–Trinajstić information content (AvgIpc) is 2.35. The Morgan fingerprint density at radius 2 is 2.05 bits per heavy atom. The van der Waals surface area contributed by atoms with Gasteiger partial charge in [-0.15, -0.1) is 0 Å². The Kier molecular flexibility index (Phi) is 4.17. The molecule has 5 heteroatoms. The molecule has 0 amide bonds. The molecule has 0 aromatic heterocycles. The number of benzene rings is 2. The maximum absolute atomic E-state index is 13.8. The van der Waals surface area contributed by atoms with E-state index in [-0.39, 0.29) is 10.8 Å². The molecular formula is C14H12BrFN2S. The van der Waals surface area contributed by atoms with Crippen molar-refractivity contribution >= 4 is 44.5 Å². The molecule has 0 spiro atoms. The SMILES string of the molecule is Cc1cccc(F)c1Nc1ccc(Br)cc1C(N)=S. The standard InChI is InChI=1S/C14H12BrFN2S/c1-8-3-2-4-11(16)13(8)18-12-6-5-9(15)7-10(12)14(17)19/h2-7,18H,1H3,(H2,17,19). The van der Waals surface area contributed by atoms with E-state index in [0.29, 0.717) is 16.9 Å². The first kappa shape index (κ1) is 14.0. The Labute approximate surface area is 124 Å². The molecule has 2 aromatic rings. The van der Waals surface area contributed by atoms with Crippen LogP contribution in [0.15, 0.2) is 40.9 Å². The monoisotopic (exact) mass is 338 g/mol. The quantitative estimate of drug-likeness (QED) is 0.820. The third-order valence-corrected chi connectivity index (χ3v) is 3.44. The molecule has 98 valence electrons. The molecule has 0 fully saturated rings. The first-order valence-electron chi connectivity index (χ1n) is 5.60. The average molecular weight is 339 g/mol. The highest BCUT2D eigenvalue weighted by Gasteiger charge is 2.10. The van der Waals surface area contributed by atoms with Crippen molar-refractivity contribution in [2.45, 2.75) is 6.92 Å². The lowest BCUT2D eigenvalue weighted by Gasteiger charge is -2.14. The van der Waals surface area contributed by atoms with Gasteiger partial charge in [0.2, 0.25) is 0 Å². The van der Waals surface area contributed by atoms with Crippen LogP contribution in [0.1, 0.15) is 11.1 Å². The van der Waals surface area contributed by atoms with Crippen molar-refractivity contribution in [1.82, 2.24) is 0 Å². The number of thiocarbonyl (C=S) groups is 1. The zero-order chi connectivity index (χ0) is 14.0. The lowest BCUT2D eigenvalue weighted by Crippen LogP contribution is -2.12. The van der Waals surface area contributed by atoms with Gasteiger partial charge in [-0.05, 0) is 36.8 Å². The minimum atomic E-state index is -0.309. The lowest BCUT2D eigenvalue weighted by molar-refractivity contribution is 0.631. The molecule has 0 unspecified atom stereocenters. The molecule has 19 heavy (non-hydrogen) atoms. The summed E-state index contributed by atoms with van der Waals surface area (Å²) in [6, 6.07) is 10.4. The molecule has 0 saturated heterocycles. The van der Waals surface area contributed by atoms with Crippen molar-refractivity contribution in [2.75, 3.05) is 5.32 Å². The second-order valence-corrected chi connectivity index (χ2v) is 5.47. The van der Waals surface area contributed by atoms with Crippen LogP contribution in [0.5, 0.6) is 0 Å². The summed E-state index contributed by atoms with van der Waals surface area (Å²) in [5.41, 5.74) is 8.30. The van der Waals surface area contributed by atoms with Gasteiger partial charge in [-0.25, -0.2) is 4.39 Å². The largest absolute Gasteiger partial charge is 0.389 e. The van der Waals surface area contributed by atoms with Gasteiger partial charge in [-0.2, -0.15) is 0 Å². The van der Waals surface area contributed by atoms with Crippen LogP contribution in [0, 0.1) is 12.7 Å². The minimum absolute atomic E-state index is 0.262. The first-order chi connectivity index (χ1) is 8.99. The van der Waals surface area contributed by atoms with E-state index in [0.717, 1.165) is 10.0 Å². The highest BCUT2D eigenvalue weighted by molar-refractivity contribution is 9.10. The number of nitrogens with one attached hydrogen (secondary N) is 1. The number of nitrogens with two attached hydrogens (primary N) is 1. The summed E-state index contributed by atoms with van der Waals surface area (Å²) in [6.07, 6.45) is 0. The van der Waals surface area contributed by atoms with E-state index < -0.39 is 0 Å². The zero-order valence-corrected chi connectivity index (χ0v) is 12.6. The Bertz CT molecular complexity index is 623. The van der Waals surface area contributed by atoms with Crippen LogP contribution in [-0.2, 0) is 0 Å². The molecule has 0 bridgehead atoms. The van der Waals surface area contributed by atoms with Crippen LogP contribution in [-0.4, -0.2) is 4.99 Å². The van der Waals surface area contributed by atoms with E-state index >= 15 is 0 Å². The predicted molar refractivity (Wildman–Crippen MR) is 84.4 cm³/mol. The summed E-state index contributed by atoms with van der Waals surface area (Å²) < 4.78 is 14.7. The van der Waals surface area contributed by atoms with Crippen LogP contribution in [0.25, 0.3) is 0 Å². The highest BCUT2D eigenvalue weighted by Crippen LogP contribution is 2.28. The first-order valence-corrected chi connectivity index (χ1v) is 6.80. The molecule has 0 aliphatic carbocycles. The summed E-state index contributed by atoms with van der Waals surface area (Å²) in [4.78, 5) is 0.262. The van der Waals surface area contributed by atoms with Crippen LogP contribution in [0.3, 0.4) is 0 Å². The van der Waals surface area contributed by atoms with E-state index in [1.807, 2.05) is 25.1 Å². The topological polar surface area (TPSA) is 38.0 Å². The molecule has 2 aromatic carbocycles. The Morgan fingerprint density at radius 3 is 2.68 bits per heavy atom. The third-order valence-electron chi connectivity index (χ3n) is 2.73. The van der Waals surface area contributed by atoms with Crippen molar-refractivity contribution in [3.63, 3.8) is 0 Å². The van der Waals surface area contributed by atoms with Crippen LogP contribution >= 0.6 is 28.1 Å². The molecule has 0 saturated carbocycles. The van der Waals surface area contributed by atoms with E-state index in [4.69, 9.17) is 18.0 Å². The van der Waals surface area contributed by atoms with Gasteiger partial charge in [0.05, 0.1) is 5.69 Å². The van der Waals surface area contributed by atoms with Crippen LogP contribution in [0.2, 0.25) is 0 Å². The molecule has 0 heterocycles. The maximum Gasteiger partial charge on any atom is 0.146 e. The Hall–Kier alpha value is -1.46. The zero-order valence-electron chi connectivity index (χ0n) is 10.2. The van der Waals surface area contributed by atoms with Gasteiger partial charge in [0.25, 0.3) is 0 Å². The summed E-state index contributed by atoms with van der Waals surface area (Å²) in [5.74, 6) is -0.309. The van der Waals surface area contributed by atoms with Crippen molar-refractivity contribution < 1.29 is 4.39 Å². The summed E-state index contributed by atoms with van der Waals surface area (Å²) in [6.45, 7) is 1.84. The number of aryl methyl sites for hydroxylation is 1. The maximum atomic E-state index is 13.8. The molecular weight excluding hydrogens is 327 g/mol. The summed E-state index contributed by atoms with van der Waals surface area (Å²) in [5, 5.41) is 3.05. The number of para-hydroxylation sites is 1. The van der Waals surface area contributed by atoms with Crippen LogP contribution in [0.4, 0.5) is 15.8 Å². The van der Waals surface area contributed by atoms with Crippen molar-refractivity contribution in [3.8, 4) is 0 Å². The fraction of sp³-hybridized carbons (Fsp3) is 0.0714. The summed E-state index contributed by atoms with van der Waals surface area (Å²) >= 11 is 8.38.